The summed E-state index contributed by atoms with van der Waals surface area (Å²) in [6.07, 6.45) is 0. The number of benzene rings is 3. The van der Waals surface area contributed by atoms with Crippen LogP contribution in [-0.4, -0.2) is 46.8 Å². The van der Waals surface area contributed by atoms with Gasteiger partial charge in [0.2, 0.25) is 5.95 Å². The van der Waals surface area contributed by atoms with Crippen LogP contribution in [0.2, 0.25) is 0 Å². The van der Waals surface area contributed by atoms with Crippen molar-refractivity contribution in [3.8, 4) is 17.1 Å². The average Bonchev–Trinajstić information content (AvgIpc) is 3.31. The fourth-order valence-corrected chi connectivity index (χ4v) is 3.45. The van der Waals surface area contributed by atoms with Gasteiger partial charge in [-0.05, 0) is 48.0 Å². The summed E-state index contributed by atoms with van der Waals surface area (Å²) in [5.74, 6) is 0.486. The third kappa shape index (κ3) is 5.11. The van der Waals surface area contributed by atoms with Gasteiger partial charge in [0.05, 0.1) is 12.0 Å². The quantitative estimate of drug-likeness (QED) is 0.299. The van der Waals surface area contributed by atoms with Gasteiger partial charge >= 0.3 is 0 Å². The summed E-state index contributed by atoms with van der Waals surface area (Å²) in [4.78, 5) is 30.8. The molecule has 0 radical (unpaired) electrons. The Morgan fingerprint density at radius 1 is 1.06 bits per heavy atom. The number of anilines is 2. The van der Waals surface area contributed by atoms with E-state index in [9.17, 15) is 14.9 Å². The van der Waals surface area contributed by atoms with Crippen molar-refractivity contribution in [2.75, 3.05) is 31.4 Å². The first-order valence-corrected chi connectivity index (χ1v) is 10.8. The van der Waals surface area contributed by atoms with Crippen LogP contribution >= 0.6 is 0 Å². The fourth-order valence-electron chi connectivity index (χ4n) is 3.45. The lowest BCUT2D eigenvalue weighted by molar-refractivity contribution is -0.385. The molecule has 0 amide bonds. The number of aromatic nitrogens is 3. The number of nitrogens with zero attached hydrogens (tertiary/aromatic N) is 5. The molecule has 4 aromatic rings. The van der Waals surface area contributed by atoms with E-state index in [-0.39, 0.29) is 17.2 Å². The van der Waals surface area contributed by atoms with Crippen molar-refractivity contribution in [2.45, 2.75) is 6.54 Å². The molecule has 35 heavy (non-hydrogen) atoms. The van der Waals surface area contributed by atoms with Gasteiger partial charge in [-0.25, -0.2) is 0 Å². The van der Waals surface area contributed by atoms with Gasteiger partial charge in [-0.3, -0.25) is 14.9 Å². The molecule has 10 heteroatoms. The average molecular weight is 473 g/mol. The molecule has 0 atom stereocenters. The Hall–Kier alpha value is -4.73. The third-order valence-electron chi connectivity index (χ3n) is 5.38. The minimum atomic E-state index is -0.657. The minimum absolute atomic E-state index is 0.0814. The molecule has 0 saturated carbocycles. The van der Waals surface area contributed by atoms with E-state index in [1.165, 1.54) is 18.2 Å². The summed E-state index contributed by atoms with van der Waals surface area (Å²) in [6, 6.07) is 20.8. The van der Waals surface area contributed by atoms with E-state index >= 15 is 0 Å². The van der Waals surface area contributed by atoms with Gasteiger partial charge in [0.15, 0.2) is 5.82 Å². The molecule has 0 aliphatic heterocycles. The molecule has 0 spiro atoms. The molecule has 0 saturated heterocycles. The van der Waals surface area contributed by atoms with E-state index in [0.29, 0.717) is 23.7 Å². The van der Waals surface area contributed by atoms with Crippen molar-refractivity contribution < 1.29 is 14.5 Å². The fraction of sp³-hybridized carbons (Fsp3) is 0.160. The maximum Gasteiger partial charge on any atom is 0.288 e. The molecule has 1 N–H and O–H groups in total. The summed E-state index contributed by atoms with van der Waals surface area (Å²) in [7, 11) is 5.50. The highest BCUT2D eigenvalue weighted by Gasteiger charge is 2.25. The van der Waals surface area contributed by atoms with Crippen molar-refractivity contribution in [3.63, 3.8) is 0 Å². The van der Waals surface area contributed by atoms with E-state index < -0.39 is 10.8 Å². The van der Waals surface area contributed by atoms with E-state index in [1.807, 2.05) is 43.3 Å². The highest BCUT2D eigenvalue weighted by atomic mass is 16.6. The number of carbonyl (C=O) groups excluding carboxylic acids is 1. The van der Waals surface area contributed by atoms with Gasteiger partial charge < -0.3 is 15.0 Å². The highest BCUT2D eigenvalue weighted by molar-refractivity contribution is 6.00. The first kappa shape index (κ1) is 23.4. The number of carbonyl (C=O) groups is 1. The van der Waals surface area contributed by atoms with Crippen LogP contribution in [0.25, 0.3) is 11.4 Å². The van der Waals surface area contributed by atoms with Crippen molar-refractivity contribution >= 4 is 23.2 Å². The molecule has 10 nitrogen and oxygen atoms in total. The maximum absolute atomic E-state index is 13.4. The second kappa shape index (κ2) is 10.0. The zero-order valence-corrected chi connectivity index (χ0v) is 19.5. The number of hydrogen-bond acceptors (Lipinski definition) is 8. The van der Waals surface area contributed by atoms with Crippen molar-refractivity contribution in [2.24, 2.45) is 0 Å². The molecular weight excluding hydrogens is 448 g/mol. The highest BCUT2D eigenvalue weighted by Crippen LogP contribution is 2.24. The molecule has 1 heterocycles. The second-order valence-corrected chi connectivity index (χ2v) is 7.89. The van der Waals surface area contributed by atoms with Crippen LogP contribution in [0.1, 0.15) is 15.9 Å². The second-order valence-electron chi connectivity index (χ2n) is 7.89. The number of rotatable bonds is 8. The van der Waals surface area contributed by atoms with Crippen LogP contribution in [0, 0.1) is 10.1 Å². The van der Waals surface area contributed by atoms with Crippen LogP contribution in [0.15, 0.2) is 72.8 Å². The third-order valence-corrected chi connectivity index (χ3v) is 5.38. The van der Waals surface area contributed by atoms with Gasteiger partial charge in [-0.15, -0.1) is 5.10 Å². The number of ether oxygens (including phenoxy) is 1. The summed E-state index contributed by atoms with van der Waals surface area (Å²) in [5.41, 5.74) is 2.31. The standard InChI is InChI=1S/C25H24N6O4/c1-29(2)19-12-8-17(9-13-19)16-26-25-27-23(18-10-14-20(35-3)15-11-18)28-30(25)24(32)21-6-4-5-7-22(21)31(33)34/h4-15H,16H2,1-3H3,(H,26,27,28). The van der Waals surface area contributed by atoms with E-state index in [1.54, 1.807) is 37.4 Å². The lowest BCUT2D eigenvalue weighted by Crippen LogP contribution is -2.18. The lowest BCUT2D eigenvalue weighted by Gasteiger charge is -2.13. The zero-order valence-electron chi connectivity index (χ0n) is 19.5. The molecule has 0 aliphatic carbocycles. The Morgan fingerprint density at radius 2 is 1.74 bits per heavy atom. The predicted octanol–water partition coefficient (Wildman–Crippen LogP) is 4.23. The molecule has 4 rings (SSSR count). The van der Waals surface area contributed by atoms with Gasteiger partial charge in [0, 0.05) is 38.0 Å². The largest absolute Gasteiger partial charge is 0.497 e. The Morgan fingerprint density at radius 3 is 2.37 bits per heavy atom. The number of methoxy groups -OCH3 is 1. The van der Waals surface area contributed by atoms with Crippen LogP contribution in [-0.2, 0) is 6.54 Å². The SMILES string of the molecule is COc1ccc(-c2nc(NCc3ccc(N(C)C)cc3)n(C(=O)c3ccccc3[N+](=O)[O-])n2)cc1. The molecule has 0 aliphatic rings. The van der Waals surface area contributed by atoms with Crippen molar-refractivity contribution in [1.82, 2.24) is 14.8 Å². The minimum Gasteiger partial charge on any atom is -0.497 e. The molecule has 178 valence electrons. The van der Waals surface area contributed by atoms with E-state index in [4.69, 9.17) is 4.74 Å². The Bertz CT molecular complexity index is 1350. The van der Waals surface area contributed by atoms with Crippen LogP contribution in [0.4, 0.5) is 17.3 Å². The summed E-state index contributed by atoms with van der Waals surface area (Å²) in [5, 5.41) is 19.0. The summed E-state index contributed by atoms with van der Waals surface area (Å²) < 4.78 is 6.26. The van der Waals surface area contributed by atoms with Crippen molar-refractivity contribution in [1.29, 1.82) is 0 Å². The smallest absolute Gasteiger partial charge is 0.288 e. The Kier molecular flexibility index (Phi) is 6.72. The number of nitro benzene ring substituents is 1. The molecular formula is C25H24N6O4. The Labute approximate surface area is 201 Å². The van der Waals surface area contributed by atoms with Crippen LogP contribution < -0.4 is 15.0 Å². The monoisotopic (exact) mass is 472 g/mol. The topological polar surface area (TPSA) is 115 Å². The summed E-state index contributed by atoms with van der Waals surface area (Å²) >= 11 is 0. The Balaban J connectivity index is 1.70. The van der Waals surface area contributed by atoms with Crippen LogP contribution in [0.5, 0.6) is 5.75 Å². The number of nitrogens with one attached hydrogen (secondary N) is 1. The molecule has 3 aromatic carbocycles. The molecule has 1 aromatic heterocycles. The maximum atomic E-state index is 13.4. The zero-order chi connectivity index (χ0) is 24.9. The van der Waals surface area contributed by atoms with E-state index in [2.05, 4.69) is 15.4 Å². The first-order chi connectivity index (χ1) is 16.9. The van der Waals surface area contributed by atoms with Gasteiger partial charge in [0.25, 0.3) is 11.6 Å². The molecule has 0 unspecified atom stereocenters. The lowest BCUT2D eigenvalue weighted by atomic mass is 10.1. The van der Waals surface area contributed by atoms with Crippen molar-refractivity contribution in [3.05, 3.63) is 94.0 Å². The number of hydrogen-bond donors (Lipinski definition) is 1. The molecule has 0 fully saturated rings. The van der Waals surface area contributed by atoms with Gasteiger partial charge in [0.1, 0.15) is 11.3 Å². The number of nitro groups is 1. The van der Waals surface area contributed by atoms with Gasteiger partial charge in [-0.2, -0.15) is 9.67 Å². The van der Waals surface area contributed by atoms with E-state index in [0.717, 1.165) is 15.9 Å². The van der Waals surface area contributed by atoms with Gasteiger partial charge in [-0.1, -0.05) is 24.3 Å². The number of para-hydroxylation sites is 1. The summed E-state index contributed by atoms with van der Waals surface area (Å²) in [6.45, 7) is 0.374. The first-order valence-electron chi connectivity index (χ1n) is 10.8. The normalized spacial score (nSPS) is 10.6. The predicted molar refractivity (Wildman–Crippen MR) is 133 cm³/mol. The molecule has 0 bridgehead atoms. The van der Waals surface area contributed by atoms with Crippen LogP contribution in [0.3, 0.4) is 0 Å².